The van der Waals surface area contributed by atoms with Crippen LogP contribution in [-0.4, -0.2) is 28.3 Å². The van der Waals surface area contributed by atoms with E-state index in [0.717, 1.165) is 43.6 Å². The Morgan fingerprint density at radius 1 is 1.16 bits per heavy atom. The molecule has 0 N–H and O–H groups in total. The van der Waals surface area contributed by atoms with Gasteiger partial charge in [-0.3, -0.25) is 0 Å². The lowest BCUT2D eigenvalue weighted by Gasteiger charge is -2.31. The number of hydrogen-bond acceptors (Lipinski definition) is 5. The Hall–Kier alpha value is -1.96. The number of nitrogens with zero attached hydrogens (tertiary/aromatic N) is 3. The quantitative estimate of drug-likeness (QED) is 0.742. The molecule has 1 aromatic heterocycles. The van der Waals surface area contributed by atoms with Gasteiger partial charge in [-0.15, -0.1) is 0 Å². The first-order valence-corrected chi connectivity index (χ1v) is 8.76. The third-order valence-corrected chi connectivity index (χ3v) is 4.84. The fourth-order valence-corrected chi connectivity index (χ4v) is 3.43. The van der Waals surface area contributed by atoms with Crippen LogP contribution in [0.1, 0.15) is 24.0 Å². The van der Waals surface area contributed by atoms with E-state index in [-0.39, 0.29) is 5.25 Å². The number of alkyl halides is 3. The monoisotopic (exact) mass is 369 g/mol. The highest BCUT2D eigenvalue weighted by atomic mass is 32.2. The standard InChI is InChI=1S/C17H18F3N3OS/c1-12-9-21-16(22-10-12)23-8-2-3-15(11-23)25-24-14-6-4-13(5-7-14)17(18,19)20/h4-7,9-10,15H,2-3,8,11H2,1H3. The second kappa shape index (κ2) is 7.51. The third-order valence-electron chi connectivity index (χ3n) is 3.89. The number of rotatable bonds is 4. The summed E-state index contributed by atoms with van der Waals surface area (Å²) in [5.74, 6) is 1.12. The molecule has 0 aliphatic carbocycles. The molecule has 2 heterocycles. The van der Waals surface area contributed by atoms with Gasteiger partial charge in [0.25, 0.3) is 0 Å². The van der Waals surface area contributed by atoms with Crippen LogP contribution in [0.5, 0.6) is 5.75 Å². The Morgan fingerprint density at radius 2 is 1.84 bits per heavy atom. The van der Waals surface area contributed by atoms with Crippen molar-refractivity contribution in [1.29, 1.82) is 0 Å². The molecule has 1 aromatic carbocycles. The van der Waals surface area contributed by atoms with Crippen molar-refractivity contribution in [2.75, 3.05) is 18.0 Å². The fourth-order valence-electron chi connectivity index (χ4n) is 2.57. The van der Waals surface area contributed by atoms with Gasteiger partial charge in [-0.05, 0) is 49.6 Å². The number of aryl methyl sites for hydroxylation is 1. The van der Waals surface area contributed by atoms with Gasteiger partial charge in [-0.25, -0.2) is 9.97 Å². The van der Waals surface area contributed by atoms with Crippen LogP contribution in [-0.2, 0) is 6.18 Å². The lowest BCUT2D eigenvalue weighted by atomic mass is 10.1. The van der Waals surface area contributed by atoms with Gasteiger partial charge in [-0.2, -0.15) is 13.2 Å². The van der Waals surface area contributed by atoms with Crippen LogP contribution in [0, 0.1) is 6.92 Å². The minimum absolute atomic E-state index is 0.209. The Labute approximate surface area is 148 Å². The van der Waals surface area contributed by atoms with E-state index in [4.69, 9.17) is 4.18 Å². The SMILES string of the molecule is Cc1cnc(N2CCCC(SOc3ccc(C(F)(F)F)cc3)C2)nc1. The topological polar surface area (TPSA) is 38.2 Å². The second-order valence-corrected chi connectivity index (χ2v) is 7.00. The van der Waals surface area contributed by atoms with Crippen molar-refractivity contribution >= 4 is 18.0 Å². The van der Waals surface area contributed by atoms with Gasteiger partial charge in [0.2, 0.25) is 5.95 Å². The van der Waals surface area contributed by atoms with E-state index in [1.54, 1.807) is 12.4 Å². The van der Waals surface area contributed by atoms with Crippen molar-refractivity contribution < 1.29 is 17.4 Å². The average molecular weight is 369 g/mol. The maximum absolute atomic E-state index is 12.6. The van der Waals surface area contributed by atoms with Crippen LogP contribution in [0.2, 0.25) is 0 Å². The molecule has 3 rings (SSSR count). The van der Waals surface area contributed by atoms with Crippen molar-refractivity contribution in [2.24, 2.45) is 0 Å². The van der Waals surface area contributed by atoms with Gasteiger partial charge >= 0.3 is 6.18 Å². The number of piperidine rings is 1. The normalized spacial score (nSPS) is 18.2. The average Bonchev–Trinajstić information content (AvgIpc) is 2.60. The van der Waals surface area contributed by atoms with Gasteiger partial charge in [-0.1, -0.05) is 0 Å². The molecule has 1 aliphatic rings. The summed E-state index contributed by atoms with van der Waals surface area (Å²) in [5.41, 5.74) is 0.336. The maximum Gasteiger partial charge on any atom is 0.416 e. The summed E-state index contributed by atoms with van der Waals surface area (Å²) in [6.45, 7) is 3.57. The van der Waals surface area contributed by atoms with E-state index in [1.807, 2.05) is 6.92 Å². The molecule has 0 bridgehead atoms. The number of halogens is 3. The van der Waals surface area contributed by atoms with Crippen LogP contribution in [0.25, 0.3) is 0 Å². The highest BCUT2D eigenvalue weighted by Crippen LogP contribution is 2.32. The Kier molecular flexibility index (Phi) is 5.36. The van der Waals surface area contributed by atoms with Crippen molar-refractivity contribution in [3.05, 3.63) is 47.8 Å². The maximum atomic E-state index is 12.6. The zero-order valence-corrected chi connectivity index (χ0v) is 14.5. The predicted octanol–water partition coefficient (Wildman–Crippen LogP) is 4.50. The predicted molar refractivity (Wildman–Crippen MR) is 91.7 cm³/mol. The first-order valence-electron chi connectivity index (χ1n) is 7.96. The molecular formula is C17H18F3N3OS. The molecule has 2 aromatic rings. The molecule has 0 saturated carbocycles. The minimum Gasteiger partial charge on any atom is -0.425 e. The summed E-state index contributed by atoms with van der Waals surface area (Å²) in [6, 6.07) is 4.76. The molecule has 25 heavy (non-hydrogen) atoms. The summed E-state index contributed by atoms with van der Waals surface area (Å²) in [6.07, 6.45) is 1.22. The molecule has 1 aliphatic heterocycles. The lowest BCUT2D eigenvalue weighted by Crippen LogP contribution is -2.38. The molecule has 1 fully saturated rings. The summed E-state index contributed by atoms with van der Waals surface area (Å²) < 4.78 is 43.3. The van der Waals surface area contributed by atoms with Crippen molar-refractivity contribution in [1.82, 2.24) is 9.97 Å². The highest BCUT2D eigenvalue weighted by molar-refractivity contribution is 7.95. The first kappa shape index (κ1) is 17.8. The van der Waals surface area contributed by atoms with Crippen LogP contribution in [0.4, 0.5) is 19.1 Å². The van der Waals surface area contributed by atoms with E-state index in [2.05, 4.69) is 14.9 Å². The van der Waals surface area contributed by atoms with E-state index in [0.29, 0.717) is 11.7 Å². The molecule has 1 saturated heterocycles. The molecule has 4 nitrogen and oxygen atoms in total. The fraction of sp³-hybridized carbons (Fsp3) is 0.412. The minimum atomic E-state index is -4.33. The third kappa shape index (κ3) is 4.78. The number of benzene rings is 1. The van der Waals surface area contributed by atoms with Gasteiger partial charge in [0.1, 0.15) is 5.75 Å². The van der Waals surface area contributed by atoms with Crippen LogP contribution in [0.15, 0.2) is 36.7 Å². The van der Waals surface area contributed by atoms with Crippen molar-refractivity contribution in [3.8, 4) is 5.75 Å². The van der Waals surface area contributed by atoms with Crippen LogP contribution < -0.4 is 9.08 Å². The van der Waals surface area contributed by atoms with E-state index in [9.17, 15) is 13.2 Å². The van der Waals surface area contributed by atoms with Gasteiger partial charge in [0.05, 0.1) is 22.9 Å². The van der Waals surface area contributed by atoms with Gasteiger partial charge < -0.3 is 9.08 Å². The largest absolute Gasteiger partial charge is 0.425 e. The summed E-state index contributed by atoms with van der Waals surface area (Å²) >= 11 is 1.29. The summed E-state index contributed by atoms with van der Waals surface area (Å²) in [7, 11) is 0. The Bertz CT molecular complexity index is 692. The number of aromatic nitrogens is 2. The molecule has 0 spiro atoms. The lowest BCUT2D eigenvalue weighted by molar-refractivity contribution is -0.137. The molecule has 1 unspecified atom stereocenters. The van der Waals surface area contributed by atoms with Crippen molar-refractivity contribution in [2.45, 2.75) is 31.2 Å². The molecule has 0 radical (unpaired) electrons. The van der Waals surface area contributed by atoms with E-state index >= 15 is 0 Å². The van der Waals surface area contributed by atoms with Crippen LogP contribution >= 0.6 is 12.0 Å². The molecular weight excluding hydrogens is 351 g/mol. The van der Waals surface area contributed by atoms with Gasteiger partial charge in [0.15, 0.2) is 0 Å². The second-order valence-electron chi connectivity index (χ2n) is 5.97. The number of hydrogen-bond donors (Lipinski definition) is 0. The zero-order chi connectivity index (χ0) is 17.9. The number of anilines is 1. The Morgan fingerprint density at radius 3 is 2.48 bits per heavy atom. The van der Waals surface area contributed by atoms with Crippen molar-refractivity contribution in [3.63, 3.8) is 0 Å². The van der Waals surface area contributed by atoms with Gasteiger partial charge in [0, 0.05) is 25.5 Å². The highest BCUT2D eigenvalue weighted by Gasteiger charge is 2.30. The van der Waals surface area contributed by atoms with E-state index < -0.39 is 11.7 Å². The first-order chi connectivity index (χ1) is 11.9. The van der Waals surface area contributed by atoms with Crippen LogP contribution in [0.3, 0.4) is 0 Å². The summed E-state index contributed by atoms with van der Waals surface area (Å²) in [4.78, 5) is 10.8. The molecule has 8 heteroatoms. The summed E-state index contributed by atoms with van der Waals surface area (Å²) in [5, 5.41) is 0.209. The smallest absolute Gasteiger partial charge is 0.416 e. The molecule has 0 amide bonds. The zero-order valence-electron chi connectivity index (χ0n) is 13.7. The molecule has 1 atom stereocenters. The van der Waals surface area contributed by atoms with E-state index in [1.165, 1.54) is 24.2 Å². The Balaban J connectivity index is 1.55. The molecule has 134 valence electrons.